The van der Waals surface area contributed by atoms with E-state index in [2.05, 4.69) is 70.5 Å². The highest BCUT2D eigenvalue weighted by molar-refractivity contribution is 9.10. The predicted octanol–water partition coefficient (Wildman–Crippen LogP) is 7.83. The Labute approximate surface area is 290 Å². The summed E-state index contributed by atoms with van der Waals surface area (Å²) in [6.45, 7) is 0.380. The molecule has 48 heavy (non-hydrogen) atoms. The molecule has 5 aromatic carbocycles. The first-order valence-electron chi connectivity index (χ1n) is 15.8. The third kappa shape index (κ3) is 5.25. The number of methoxy groups -OCH3 is 2. The Morgan fingerprint density at radius 1 is 0.896 bits per heavy atom. The Kier molecular flexibility index (Phi) is 7.98. The molecule has 0 radical (unpaired) electrons. The van der Waals surface area contributed by atoms with Gasteiger partial charge in [-0.2, -0.15) is 0 Å². The van der Waals surface area contributed by atoms with E-state index in [0.717, 1.165) is 62.0 Å². The molecule has 0 saturated heterocycles. The molecular formula is C40H31BrN2O4S. The largest absolute Gasteiger partial charge is 0.496 e. The van der Waals surface area contributed by atoms with Gasteiger partial charge in [0.05, 0.1) is 35.0 Å². The van der Waals surface area contributed by atoms with Crippen LogP contribution in [-0.2, 0) is 13.0 Å². The number of halogens is 1. The van der Waals surface area contributed by atoms with E-state index in [0.29, 0.717) is 27.4 Å². The second-order valence-electron chi connectivity index (χ2n) is 11.8. The Bertz CT molecular complexity index is 2440. The molecule has 0 fully saturated rings. The maximum Gasteiger partial charge on any atom is 0.271 e. The van der Waals surface area contributed by atoms with Crippen LogP contribution >= 0.6 is 27.3 Å². The van der Waals surface area contributed by atoms with Crippen molar-refractivity contribution in [2.75, 3.05) is 14.2 Å². The van der Waals surface area contributed by atoms with Crippen molar-refractivity contribution in [1.82, 2.24) is 4.57 Å². The van der Waals surface area contributed by atoms with Crippen LogP contribution in [0, 0.1) is 0 Å². The van der Waals surface area contributed by atoms with Crippen molar-refractivity contribution in [3.8, 4) is 17.2 Å². The molecule has 1 atom stereocenters. The van der Waals surface area contributed by atoms with Crippen LogP contribution in [-0.4, -0.2) is 18.8 Å². The van der Waals surface area contributed by atoms with E-state index in [1.807, 2.05) is 59.2 Å². The summed E-state index contributed by atoms with van der Waals surface area (Å²) in [4.78, 5) is 20.2. The van der Waals surface area contributed by atoms with Crippen LogP contribution < -0.4 is 29.1 Å². The van der Waals surface area contributed by atoms with Gasteiger partial charge in [-0.3, -0.25) is 9.36 Å². The lowest BCUT2D eigenvalue weighted by Crippen LogP contribution is -2.39. The summed E-state index contributed by atoms with van der Waals surface area (Å²) in [5, 5.41) is 2.32. The van der Waals surface area contributed by atoms with Crippen molar-refractivity contribution < 1.29 is 14.2 Å². The maximum absolute atomic E-state index is 14.3. The Hall–Kier alpha value is -4.92. The Morgan fingerprint density at radius 3 is 2.54 bits per heavy atom. The number of hydrogen-bond donors (Lipinski definition) is 0. The van der Waals surface area contributed by atoms with Gasteiger partial charge in [0.15, 0.2) is 16.3 Å². The zero-order valence-electron chi connectivity index (χ0n) is 26.4. The average Bonchev–Trinajstić information content (AvgIpc) is 3.43. The normalized spacial score (nSPS) is 15.4. The molecule has 6 aromatic rings. The van der Waals surface area contributed by atoms with Crippen molar-refractivity contribution in [3.05, 3.63) is 161 Å². The molecule has 8 rings (SSSR count). The van der Waals surface area contributed by atoms with Crippen LogP contribution in [0.25, 0.3) is 22.5 Å². The fraction of sp³-hybridized carbons (Fsp3) is 0.150. The number of aromatic nitrogens is 1. The van der Waals surface area contributed by atoms with Crippen LogP contribution in [0.1, 0.15) is 40.3 Å². The quantitative estimate of drug-likeness (QED) is 0.169. The summed E-state index contributed by atoms with van der Waals surface area (Å²) in [7, 11) is 3.30. The molecule has 0 amide bonds. The van der Waals surface area contributed by atoms with Crippen LogP contribution in [0.2, 0.25) is 0 Å². The molecule has 6 nitrogen and oxygen atoms in total. The molecule has 238 valence electrons. The van der Waals surface area contributed by atoms with Gasteiger partial charge >= 0.3 is 0 Å². The predicted molar refractivity (Wildman–Crippen MR) is 195 cm³/mol. The third-order valence-electron chi connectivity index (χ3n) is 9.11. The van der Waals surface area contributed by atoms with Crippen molar-refractivity contribution in [2.45, 2.75) is 25.5 Å². The molecule has 1 aliphatic carbocycles. The highest BCUT2D eigenvalue weighted by Gasteiger charge is 2.34. The maximum atomic E-state index is 14.3. The number of nitrogens with zero attached hydrogens (tertiary/aromatic N) is 2. The number of benzene rings is 5. The van der Waals surface area contributed by atoms with E-state index in [1.165, 1.54) is 22.3 Å². The smallest absolute Gasteiger partial charge is 0.271 e. The number of hydrogen-bond acceptors (Lipinski definition) is 6. The minimum absolute atomic E-state index is 0.0913. The molecule has 8 heteroatoms. The van der Waals surface area contributed by atoms with E-state index in [9.17, 15) is 4.79 Å². The lowest BCUT2D eigenvalue weighted by molar-refractivity contribution is 0.283. The van der Waals surface area contributed by atoms with Gasteiger partial charge in [-0.15, -0.1) is 0 Å². The first-order valence-corrected chi connectivity index (χ1v) is 17.4. The molecule has 1 aliphatic heterocycles. The van der Waals surface area contributed by atoms with Crippen molar-refractivity contribution in [3.63, 3.8) is 0 Å². The fourth-order valence-corrected chi connectivity index (χ4v) is 8.45. The lowest BCUT2D eigenvalue weighted by Gasteiger charge is -2.31. The topological polar surface area (TPSA) is 62.0 Å². The minimum Gasteiger partial charge on any atom is -0.496 e. The first-order chi connectivity index (χ1) is 23.5. The molecular weight excluding hydrogens is 684 g/mol. The molecule has 2 heterocycles. The second kappa shape index (κ2) is 12.6. The SMILES string of the molecule is COc1ccccc1[C@@H]1C2=C(N=c3s/c(=C/c4cc(Br)c(OCc5cccc6ccccc56)c(OC)c4)c(=O)n31)c1ccccc1CC2. The van der Waals surface area contributed by atoms with Gasteiger partial charge in [0.1, 0.15) is 12.4 Å². The van der Waals surface area contributed by atoms with Gasteiger partial charge in [0.25, 0.3) is 5.56 Å². The molecule has 2 aliphatic rings. The zero-order valence-corrected chi connectivity index (χ0v) is 28.8. The van der Waals surface area contributed by atoms with E-state index in [4.69, 9.17) is 19.2 Å². The highest BCUT2D eigenvalue weighted by Crippen LogP contribution is 2.43. The van der Waals surface area contributed by atoms with E-state index in [1.54, 1.807) is 14.2 Å². The summed E-state index contributed by atoms with van der Waals surface area (Å²) in [5.74, 6) is 1.92. The van der Waals surface area contributed by atoms with Crippen LogP contribution in [0.3, 0.4) is 0 Å². The second-order valence-corrected chi connectivity index (χ2v) is 13.7. The van der Waals surface area contributed by atoms with Crippen molar-refractivity contribution in [1.29, 1.82) is 0 Å². The number of thiazole rings is 1. The fourth-order valence-electron chi connectivity index (χ4n) is 6.87. The van der Waals surface area contributed by atoms with Gasteiger partial charge in [0.2, 0.25) is 0 Å². The number of rotatable bonds is 7. The standard InChI is InChI=1S/C40H31BrN2O4S/c1-45-33-17-8-7-16-30(33)37-31-19-18-26-11-4-6-15-29(26)36(31)42-40-43(37)39(44)35(48-40)22-24-20-32(41)38(34(21-24)46-2)47-23-27-13-9-12-25-10-3-5-14-28(25)27/h3-17,20-22,37H,18-19,23H2,1-2H3/b35-22+/t37-/m1/s1. The minimum atomic E-state index is -0.325. The highest BCUT2D eigenvalue weighted by atomic mass is 79.9. The Balaban J connectivity index is 1.22. The lowest BCUT2D eigenvalue weighted by atomic mass is 9.83. The number of para-hydroxylation sites is 1. The summed E-state index contributed by atoms with van der Waals surface area (Å²) >= 11 is 5.12. The molecule has 0 N–H and O–H groups in total. The van der Waals surface area contributed by atoms with Gasteiger partial charge in [-0.1, -0.05) is 96.3 Å². The summed E-state index contributed by atoms with van der Waals surface area (Å²) in [6, 6.07) is 34.4. The average molecular weight is 716 g/mol. The van der Waals surface area contributed by atoms with Gasteiger partial charge in [-0.05, 0) is 86.1 Å². The Morgan fingerprint density at radius 2 is 1.67 bits per heavy atom. The molecule has 0 unspecified atom stereocenters. The summed E-state index contributed by atoms with van der Waals surface area (Å²) < 4.78 is 21.1. The van der Waals surface area contributed by atoms with Crippen LogP contribution in [0.4, 0.5) is 0 Å². The van der Waals surface area contributed by atoms with Crippen molar-refractivity contribution >= 4 is 49.8 Å². The number of fused-ring (bicyclic) bond motifs is 4. The van der Waals surface area contributed by atoms with Crippen LogP contribution in [0.5, 0.6) is 17.2 Å². The summed E-state index contributed by atoms with van der Waals surface area (Å²) in [6.07, 6.45) is 3.61. The van der Waals surface area contributed by atoms with E-state index >= 15 is 0 Å². The van der Waals surface area contributed by atoms with Gasteiger partial charge < -0.3 is 14.2 Å². The number of ether oxygens (including phenoxy) is 3. The van der Waals surface area contributed by atoms with Crippen LogP contribution in [0.15, 0.2) is 123 Å². The third-order valence-corrected chi connectivity index (χ3v) is 10.7. The molecule has 1 aromatic heterocycles. The van der Waals surface area contributed by atoms with E-state index < -0.39 is 0 Å². The monoisotopic (exact) mass is 714 g/mol. The van der Waals surface area contributed by atoms with E-state index in [-0.39, 0.29) is 11.6 Å². The number of allylic oxidation sites excluding steroid dienone is 1. The zero-order chi connectivity index (χ0) is 32.8. The van der Waals surface area contributed by atoms with Gasteiger partial charge in [0, 0.05) is 11.1 Å². The first kappa shape index (κ1) is 30.4. The molecule has 0 spiro atoms. The number of aryl methyl sites for hydroxylation is 1. The molecule has 0 bridgehead atoms. The van der Waals surface area contributed by atoms with Crippen molar-refractivity contribution in [2.24, 2.45) is 4.99 Å². The van der Waals surface area contributed by atoms with Gasteiger partial charge in [-0.25, -0.2) is 4.99 Å². The molecule has 0 saturated carbocycles. The summed E-state index contributed by atoms with van der Waals surface area (Å²) in [5.41, 5.74) is 7.25.